The van der Waals surface area contributed by atoms with Gasteiger partial charge < -0.3 is 10.1 Å². The largest absolute Gasteiger partial charge is 0.495 e. The summed E-state index contributed by atoms with van der Waals surface area (Å²) in [4.78, 5) is 12.2. The summed E-state index contributed by atoms with van der Waals surface area (Å²) < 4.78 is 31.3. The summed E-state index contributed by atoms with van der Waals surface area (Å²) in [6, 6.07) is 11.6. The molecule has 0 bridgehead atoms. The monoisotopic (exact) mass is 334 g/mol. The lowest BCUT2D eigenvalue weighted by Crippen LogP contribution is -2.20. The van der Waals surface area contributed by atoms with Crippen LogP contribution in [0.4, 0.5) is 5.69 Å². The van der Waals surface area contributed by atoms with Gasteiger partial charge in [-0.05, 0) is 49.9 Å². The number of rotatable bonds is 5. The zero-order chi connectivity index (χ0) is 17.0. The molecular weight excluding hydrogens is 316 g/mol. The highest BCUT2D eigenvalue weighted by Gasteiger charge is 2.20. The van der Waals surface area contributed by atoms with Gasteiger partial charge in [0.15, 0.2) is 0 Å². The molecule has 6 nitrogen and oxygen atoms in total. The highest BCUT2D eigenvalue weighted by atomic mass is 32.2. The SMILES string of the molecule is CNS(=O)(=O)c1cc(C(=O)Nc2cccc(C)c2)ccc1OC. The van der Waals surface area contributed by atoms with Crippen LogP contribution >= 0.6 is 0 Å². The van der Waals surface area contributed by atoms with Gasteiger partial charge in [0, 0.05) is 11.3 Å². The summed E-state index contributed by atoms with van der Waals surface area (Å²) in [6.45, 7) is 1.92. The van der Waals surface area contributed by atoms with Gasteiger partial charge in [0.25, 0.3) is 5.91 Å². The van der Waals surface area contributed by atoms with Crippen molar-refractivity contribution in [3.63, 3.8) is 0 Å². The molecule has 0 unspecified atom stereocenters. The molecule has 0 radical (unpaired) electrons. The van der Waals surface area contributed by atoms with Gasteiger partial charge in [-0.15, -0.1) is 0 Å². The Morgan fingerprint density at radius 2 is 1.87 bits per heavy atom. The molecule has 0 aromatic heterocycles. The number of methoxy groups -OCH3 is 1. The van der Waals surface area contributed by atoms with Crippen molar-refractivity contribution in [2.45, 2.75) is 11.8 Å². The van der Waals surface area contributed by atoms with Crippen LogP contribution in [0, 0.1) is 6.92 Å². The van der Waals surface area contributed by atoms with E-state index in [0.29, 0.717) is 5.69 Å². The van der Waals surface area contributed by atoms with Crippen molar-refractivity contribution in [3.8, 4) is 5.75 Å². The van der Waals surface area contributed by atoms with Gasteiger partial charge in [0.05, 0.1) is 7.11 Å². The second-order valence-corrected chi connectivity index (χ2v) is 6.75. The van der Waals surface area contributed by atoms with E-state index < -0.39 is 15.9 Å². The lowest BCUT2D eigenvalue weighted by Gasteiger charge is -2.11. The second-order valence-electron chi connectivity index (χ2n) is 4.90. The van der Waals surface area contributed by atoms with Crippen LogP contribution in [-0.2, 0) is 10.0 Å². The van der Waals surface area contributed by atoms with Crippen molar-refractivity contribution in [2.75, 3.05) is 19.5 Å². The highest BCUT2D eigenvalue weighted by Crippen LogP contribution is 2.25. The fourth-order valence-electron chi connectivity index (χ4n) is 2.06. The number of nitrogens with one attached hydrogen (secondary N) is 2. The maximum absolute atomic E-state index is 12.3. The van der Waals surface area contributed by atoms with Crippen LogP contribution in [0.3, 0.4) is 0 Å². The number of hydrogen-bond acceptors (Lipinski definition) is 4. The first kappa shape index (κ1) is 17.0. The van der Waals surface area contributed by atoms with Crippen molar-refractivity contribution in [3.05, 3.63) is 53.6 Å². The number of sulfonamides is 1. The van der Waals surface area contributed by atoms with Crippen LogP contribution < -0.4 is 14.8 Å². The van der Waals surface area contributed by atoms with Gasteiger partial charge >= 0.3 is 0 Å². The molecule has 0 aliphatic heterocycles. The van der Waals surface area contributed by atoms with Crippen LogP contribution in [-0.4, -0.2) is 28.5 Å². The molecule has 1 amide bonds. The molecule has 2 aromatic rings. The zero-order valence-electron chi connectivity index (χ0n) is 13.1. The molecule has 0 saturated heterocycles. The Morgan fingerprint density at radius 1 is 1.13 bits per heavy atom. The van der Waals surface area contributed by atoms with E-state index in [1.807, 2.05) is 25.1 Å². The predicted molar refractivity (Wildman–Crippen MR) is 88.4 cm³/mol. The summed E-state index contributed by atoms with van der Waals surface area (Å²) in [5.41, 5.74) is 1.88. The normalized spacial score (nSPS) is 11.1. The van der Waals surface area contributed by atoms with Crippen molar-refractivity contribution < 1.29 is 17.9 Å². The number of carbonyl (C=O) groups is 1. The fourth-order valence-corrected chi connectivity index (χ4v) is 2.98. The number of ether oxygens (including phenoxy) is 1. The Bertz CT molecular complexity index is 832. The maximum atomic E-state index is 12.3. The minimum atomic E-state index is -3.73. The molecule has 0 saturated carbocycles. The Balaban J connectivity index is 2.36. The van der Waals surface area contributed by atoms with Gasteiger partial charge in [-0.2, -0.15) is 0 Å². The standard InChI is InChI=1S/C16H18N2O4S/c1-11-5-4-6-13(9-11)18-16(19)12-7-8-14(22-3)15(10-12)23(20,21)17-2/h4-10,17H,1-3H3,(H,18,19). The predicted octanol–water partition coefficient (Wildman–Crippen LogP) is 2.16. The van der Waals surface area contributed by atoms with E-state index in [2.05, 4.69) is 10.0 Å². The zero-order valence-corrected chi connectivity index (χ0v) is 13.9. The molecule has 0 spiro atoms. The molecule has 0 heterocycles. The highest BCUT2D eigenvalue weighted by molar-refractivity contribution is 7.89. The number of carbonyl (C=O) groups excluding carboxylic acids is 1. The number of amides is 1. The van der Waals surface area contributed by atoms with Crippen molar-refractivity contribution in [2.24, 2.45) is 0 Å². The third kappa shape index (κ3) is 3.88. The smallest absolute Gasteiger partial charge is 0.255 e. The lowest BCUT2D eigenvalue weighted by atomic mass is 10.2. The molecule has 0 aliphatic rings. The van der Waals surface area contributed by atoms with Gasteiger partial charge in [0.1, 0.15) is 10.6 Å². The molecular formula is C16H18N2O4S. The maximum Gasteiger partial charge on any atom is 0.255 e. The molecule has 2 aromatic carbocycles. The van der Waals surface area contributed by atoms with E-state index in [4.69, 9.17) is 4.74 Å². The average molecular weight is 334 g/mol. The molecule has 0 atom stereocenters. The second kappa shape index (κ2) is 6.80. The summed E-state index contributed by atoms with van der Waals surface area (Å²) in [6.07, 6.45) is 0. The van der Waals surface area contributed by atoms with Crippen LogP contribution in [0.25, 0.3) is 0 Å². The van der Waals surface area contributed by atoms with E-state index in [1.165, 1.54) is 32.4 Å². The quantitative estimate of drug-likeness (QED) is 0.877. The van der Waals surface area contributed by atoms with Crippen LogP contribution in [0.1, 0.15) is 15.9 Å². The Labute approximate surface area is 135 Å². The van der Waals surface area contributed by atoms with Crippen molar-refractivity contribution in [1.29, 1.82) is 0 Å². The third-order valence-corrected chi connectivity index (χ3v) is 4.70. The van der Waals surface area contributed by atoms with Crippen molar-refractivity contribution in [1.82, 2.24) is 4.72 Å². The van der Waals surface area contributed by atoms with Crippen LogP contribution in [0.2, 0.25) is 0 Å². The van der Waals surface area contributed by atoms with E-state index in [-0.39, 0.29) is 16.2 Å². The Morgan fingerprint density at radius 3 is 2.48 bits per heavy atom. The molecule has 2 N–H and O–H groups in total. The number of hydrogen-bond donors (Lipinski definition) is 2. The van der Waals surface area contributed by atoms with Crippen LogP contribution in [0.15, 0.2) is 47.4 Å². The van der Waals surface area contributed by atoms with Gasteiger partial charge in [-0.3, -0.25) is 4.79 Å². The third-order valence-electron chi connectivity index (χ3n) is 3.26. The molecule has 2 rings (SSSR count). The van der Waals surface area contributed by atoms with E-state index in [0.717, 1.165) is 5.56 Å². The van der Waals surface area contributed by atoms with Gasteiger partial charge in [0.2, 0.25) is 10.0 Å². The molecule has 0 aliphatic carbocycles. The minimum Gasteiger partial charge on any atom is -0.495 e. The molecule has 0 fully saturated rings. The number of anilines is 1. The molecule has 23 heavy (non-hydrogen) atoms. The summed E-state index contributed by atoms with van der Waals surface area (Å²) in [5.74, 6) is -0.225. The molecule has 122 valence electrons. The number of aryl methyl sites for hydroxylation is 1. The first-order chi connectivity index (χ1) is 10.9. The van der Waals surface area contributed by atoms with Crippen molar-refractivity contribution >= 4 is 21.6 Å². The summed E-state index contributed by atoms with van der Waals surface area (Å²) in [5, 5.41) is 2.74. The van der Waals surface area contributed by atoms with E-state index in [9.17, 15) is 13.2 Å². The first-order valence-corrected chi connectivity index (χ1v) is 8.35. The Kier molecular flexibility index (Phi) is 5.02. The summed E-state index contributed by atoms with van der Waals surface area (Å²) >= 11 is 0. The summed E-state index contributed by atoms with van der Waals surface area (Å²) in [7, 11) is -1.06. The number of benzene rings is 2. The van der Waals surface area contributed by atoms with E-state index in [1.54, 1.807) is 6.07 Å². The minimum absolute atomic E-state index is 0.0839. The van der Waals surface area contributed by atoms with E-state index >= 15 is 0 Å². The van der Waals surface area contributed by atoms with Crippen LogP contribution in [0.5, 0.6) is 5.75 Å². The lowest BCUT2D eigenvalue weighted by molar-refractivity contribution is 0.102. The first-order valence-electron chi connectivity index (χ1n) is 6.87. The fraction of sp³-hybridized carbons (Fsp3) is 0.188. The Hall–Kier alpha value is -2.38. The van der Waals surface area contributed by atoms with Gasteiger partial charge in [-0.25, -0.2) is 13.1 Å². The van der Waals surface area contributed by atoms with Gasteiger partial charge in [-0.1, -0.05) is 12.1 Å². The average Bonchev–Trinajstić information content (AvgIpc) is 2.54. The topological polar surface area (TPSA) is 84.5 Å². The molecule has 7 heteroatoms.